The molecule has 16 heavy (non-hydrogen) atoms. The van der Waals surface area contributed by atoms with Gasteiger partial charge in [0.2, 0.25) is 0 Å². The predicted octanol–water partition coefficient (Wildman–Crippen LogP) is 1.61. The van der Waals surface area contributed by atoms with Crippen LogP contribution in [-0.4, -0.2) is 37.1 Å². The highest BCUT2D eigenvalue weighted by atomic mass is 15.2. The third-order valence-electron chi connectivity index (χ3n) is 4.60. The van der Waals surface area contributed by atoms with Crippen molar-refractivity contribution in [3.05, 3.63) is 0 Å². The monoisotopic (exact) mass is 221 g/mol. The first-order chi connectivity index (χ1) is 7.60. The Hall–Kier alpha value is -0.590. The quantitative estimate of drug-likeness (QED) is 0.784. The minimum absolute atomic E-state index is 0.256. The molecule has 2 saturated carbocycles. The van der Waals surface area contributed by atoms with Gasteiger partial charge in [-0.3, -0.25) is 0 Å². The summed E-state index contributed by atoms with van der Waals surface area (Å²) in [5.74, 6) is 1.84. The van der Waals surface area contributed by atoms with Crippen LogP contribution in [0.25, 0.3) is 0 Å². The average Bonchev–Trinajstić information content (AvgIpc) is 2.84. The third-order valence-corrected chi connectivity index (χ3v) is 4.60. The van der Waals surface area contributed by atoms with E-state index in [-0.39, 0.29) is 5.54 Å². The fourth-order valence-electron chi connectivity index (χ4n) is 2.95. The normalized spacial score (nSPS) is 42.3. The number of rotatable bonds is 4. The topological polar surface area (TPSA) is 39.1 Å². The fraction of sp³-hybridized carbons (Fsp3) is 0.923. The predicted molar refractivity (Wildman–Crippen MR) is 64.9 cm³/mol. The van der Waals surface area contributed by atoms with Gasteiger partial charge in [0, 0.05) is 12.6 Å². The summed E-state index contributed by atoms with van der Waals surface area (Å²) in [4.78, 5) is 2.48. The van der Waals surface area contributed by atoms with Crippen molar-refractivity contribution in [1.29, 1.82) is 5.26 Å². The molecule has 2 aliphatic rings. The van der Waals surface area contributed by atoms with Gasteiger partial charge in [-0.25, -0.2) is 0 Å². The summed E-state index contributed by atoms with van der Waals surface area (Å²) < 4.78 is 0. The zero-order valence-corrected chi connectivity index (χ0v) is 10.7. The molecule has 2 fully saturated rings. The lowest BCUT2D eigenvalue weighted by Crippen LogP contribution is -2.41. The molecule has 3 heteroatoms. The summed E-state index contributed by atoms with van der Waals surface area (Å²) in [6, 6.07) is 3.05. The molecule has 0 aliphatic heterocycles. The van der Waals surface area contributed by atoms with E-state index in [4.69, 9.17) is 0 Å². The van der Waals surface area contributed by atoms with Crippen molar-refractivity contribution in [3.8, 4) is 6.07 Å². The summed E-state index contributed by atoms with van der Waals surface area (Å²) in [5.41, 5.74) is -0.256. The van der Waals surface area contributed by atoms with Gasteiger partial charge in [0.1, 0.15) is 5.54 Å². The Morgan fingerprint density at radius 3 is 2.69 bits per heavy atom. The Morgan fingerprint density at radius 1 is 1.56 bits per heavy atom. The van der Waals surface area contributed by atoms with E-state index >= 15 is 0 Å². The largest absolute Gasteiger partial charge is 0.303 e. The molecular weight excluding hydrogens is 198 g/mol. The van der Waals surface area contributed by atoms with Gasteiger partial charge in [0.25, 0.3) is 0 Å². The molecule has 1 N–H and O–H groups in total. The van der Waals surface area contributed by atoms with Crippen LogP contribution in [0.2, 0.25) is 0 Å². The number of hydrogen-bond acceptors (Lipinski definition) is 3. The maximum absolute atomic E-state index is 9.22. The van der Waals surface area contributed by atoms with Crippen LogP contribution in [0.5, 0.6) is 0 Å². The van der Waals surface area contributed by atoms with Crippen LogP contribution in [0.1, 0.15) is 32.6 Å². The van der Waals surface area contributed by atoms with Gasteiger partial charge in [0.05, 0.1) is 6.07 Å². The minimum atomic E-state index is -0.256. The molecule has 0 radical (unpaired) electrons. The maximum atomic E-state index is 9.22. The highest BCUT2D eigenvalue weighted by molar-refractivity contribution is 5.12. The molecule has 2 rings (SSSR count). The molecule has 2 aliphatic carbocycles. The van der Waals surface area contributed by atoms with Crippen LogP contribution in [0, 0.1) is 23.2 Å². The molecule has 0 aromatic rings. The highest BCUT2D eigenvalue weighted by Crippen LogP contribution is 2.40. The Morgan fingerprint density at radius 2 is 2.25 bits per heavy atom. The molecule has 0 spiro atoms. The van der Waals surface area contributed by atoms with E-state index < -0.39 is 0 Å². The number of nitrogens with one attached hydrogen (secondary N) is 1. The van der Waals surface area contributed by atoms with Gasteiger partial charge in [-0.2, -0.15) is 5.26 Å². The molecular formula is C13H23N3. The van der Waals surface area contributed by atoms with Crippen LogP contribution < -0.4 is 5.32 Å². The minimum Gasteiger partial charge on any atom is -0.303 e. The summed E-state index contributed by atoms with van der Waals surface area (Å²) in [7, 11) is 4.13. The first kappa shape index (κ1) is 11.9. The van der Waals surface area contributed by atoms with E-state index in [1.165, 1.54) is 13.0 Å². The Labute approximate surface area is 98.8 Å². The summed E-state index contributed by atoms with van der Waals surface area (Å²) in [6.07, 6.45) is 4.53. The standard InChI is InChI=1S/C13H23N3/c1-10-6-11(10)8-16(3)12-4-5-13(7-12,9-14)15-2/h10-12,15H,4-8H2,1-3H3. The second-order valence-electron chi connectivity index (χ2n) is 5.75. The van der Waals surface area contributed by atoms with Crippen molar-refractivity contribution >= 4 is 0 Å². The van der Waals surface area contributed by atoms with Gasteiger partial charge in [0.15, 0.2) is 0 Å². The summed E-state index contributed by atoms with van der Waals surface area (Å²) >= 11 is 0. The SMILES string of the molecule is CNC1(C#N)CCC(N(C)CC2CC2C)C1. The van der Waals surface area contributed by atoms with Crippen molar-refractivity contribution in [2.75, 3.05) is 20.6 Å². The fourth-order valence-corrected chi connectivity index (χ4v) is 2.95. The number of nitriles is 1. The molecule has 4 atom stereocenters. The zero-order chi connectivity index (χ0) is 11.8. The number of hydrogen-bond donors (Lipinski definition) is 1. The van der Waals surface area contributed by atoms with E-state index in [0.29, 0.717) is 6.04 Å². The second kappa shape index (κ2) is 4.35. The lowest BCUT2D eigenvalue weighted by Gasteiger charge is -2.26. The molecule has 90 valence electrons. The van der Waals surface area contributed by atoms with E-state index in [0.717, 1.165) is 31.1 Å². The van der Waals surface area contributed by atoms with Gasteiger partial charge < -0.3 is 10.2 Å². The molecule has 0 heterocycles. The highest BCUT2D eigenvalue weighted by Gasteiger charge is 2.41. The van der Waals surface area contributed by atoms with E-state index in [9.17, 15) is 5.26 Å². The number of nitrogens with zero attached hydrogens (tertiary/aromatic N) is 2. The Bertz CT molecular complexity index is 296. The molecule has 3 nitrogen and oxygen atoms in total. The molecule has 0 bridgehead atoms. The van der Waals surface area contributed by atoms with Crippen LogP contribution in [0.3, 0.4) is 0 Å². The zero-order valence-electron chi connectivity index (χ0n) is 10.7. The lowest BCUT2D eigenvalue weighted by molar-refractivity contribution is 0.225. The van der Waals surface area contributed by atoms with Crippen molar-refractivity contribution in [3.63, 3.8) is 0 Å². The van der Waals surface area contributed by atoms with Gasteiger partial charge in [-0.05, 0) is 51.6 Å². The molecule has 0 saturated heterocycles. The second-order valence-corrected chi connectivity index (χ2v) is 5.75. The molecule has 0 aromatic carbocycles. The lowest BCUT2D eigenvalue weighted by atomic mass is 10.00. The first-order valence-electron chi connectivity index (χ1n) is 6.40. The maximum Gasteiger partial charge on any atom is 0.108 e. The summed E-state index contributed by atoms with van der Waals surface area (Å²) in [6.45, 7) is 3.55. The van der Waals surface area contributed by atoms with Gasteiger partial charge in [-0.1, -0.05) is 6.92 Å². The van der Waals surface area contributed by atoms with E-state index in [1.807, 2.05) is 7.05 Å². The molecule has 4 unspecified atom stereocenters. The van der Waals surface area contributed by atoms with Gasteiger partial charge >= 0.3 is 0 Å². The first-order valence-corrected chi connectivity index (χ1v) is 6.40. The summed E-state index contributed by atoms with van der Waals surface area (Å²) in [5, 5.41) is 12.4. The van der Waals surface area contributed by atoms with Crippen LogP contribution in [0.15, 0.2) is 0 Å². The van der Waals surface area contributed by atoms with Crippen molar-refractivity contribution in [1.82, 2.24) is 10.2 Å². The average molecular weight is 221 g/mol. The Kier molecular flexibility index (Phi) is 3.23. The van der Waals surface area contributed by atoms with Crippen molar-refractivity contribution in [2.24, 2.45) is 11.8 Å². The van der Waals surface area contributed by atoms with E-state index in [1.54, 1.807) is 0 Å². The van der Waals surface area contributed by atoms with Crippen LogP contribution in [-0.2, 0) is 0 Å². The van der Waals surface area contributed by atoms with E-state index in [2.05, 4.69) is 30.3 Å². The van der Waals surface area contributed by atoms with Crippen LogP contribution >= 0.6 is 0 Å². The molecule has 0 amide bonds. The third kappa shape index (κ3) is 2.23. The van der Waals surface area contributed by atoms with Crippen molar-refractivity contribution in [2.45, 2.75) is 44.2 Å². The molecule has 0 aromatic heterocycles. The van der Waals surface area contributed by atoms with Gasteiger partial charge in [-0.15, -0.1) is 0 Å². The van der Waals surface area contributed by atoms with Crippen LogP contribution in [0.4, 0.5) is 0 Å². The Balaban J connectivity index is 1.85. The smallest absolute Gasteiger partial charge is 0.108 e. The van der Waals surface area contributed by atoms with Crippen molar-refractivity contribution < 1.29 is 0 Å².